The number of pyridine rings is 1. The van der Waals surface area contributed by atoms with Crippen LogP contribution in [0.5, 0.6) is 0 Å². The van der Waals surface area contributed by atoms with Gasteiger partial charge in [0.15, 0.2) is 0 Å². The molecule has 19 heavy (non-hydrogen) atoms. The summed E-state index contributed by atoms with van der Waals surface area (Å²) in [5.74, 6) is -2.21. The van der Waals surface area contributed by atoms with Crippen LogP contribution in [0.3, 0.4) is 0 Å². The van der Waals surface area contributed by atoms with E-state index in [-0.39, 0.29) is 11.5 Å². The predicted octanol–water partition coefficient (Wildman–Crippen LogP) is 2.91. The molecule has 0 fully saturated rings. The number of hydrogen-bond donors (Lipinski definition) is 1. The number of aromatic nitrogens is 3. The topological polar surface area (TPSA) is 50.7 Å². The average Bonchev–Trinajstić information content (AvgIpc) is 2.33. The van der Waals surface area contributed by atoms with Crippen LogP contribution >= 0.6 is 0 Å². The molecule has 0 saturated carbocycles. The molecule has 1 N–H and O–H groups in total. The minimum absolute atomic E-state index is 0.0840. The third-order valence-electron chi connectivity index (χ3n) is 2.07. The van der Waals surface area contributed by atoms with Crippen molar-refractivity contribution in [1.82, 2.24) is 15.2 Å². The van der Waals surface area contributed by atoms with Crippen molar-refractivity contribution in [2.75, 3.05) is 5.32 Å². The molecule has 0 aliphatic carbocycles. The summed E-state index contributed by atoms with van der Waals surface area (Å²) in [5.41, 5.74) is -1.32. The van der Waals surface area contributed by atoms with Crippen LogP contribution in [0.15, 0.2) is 24.4 Å². The molecule has 0 aliphatic rings. The van der Waals surface area contributed by atoms with Gasteiger partial charge in [-0.15, -0.1) is 10.2 Å². The average molecular weight is 276 g/mol. The summed E-state index contributed by atoms with van der Waals surface area (Å²) in [6.45, 7) is 0. The maximum absolute atomic E-state index is 13.1. The summed E-state index contributed by atoms with van der Waals surface area (Å²) >= 11 is 0. The van der Waals surface area contributed by atoms with Crippen molar-refractivity contribution < 1.29 is 22.0 Å². The fourth-order valence-electron chi connectivity index (χ4n) is 1.21. The van der Waals surface area contributed by atoms with E-state index in [2.05, 4.69) is 20.5 Å². The van der Waals surface area contributed by atoms with Crippen LogP contribution in [0.25, 0.3) is 0 Å². The van der Waals surface area contributed by atoms with E-state index in [9.17, 15) is 22.0 Å². The van der Waals surface area contributed by atoms with Crippen molar-refractivity contribution in [1.29, 1.82) is 0 Å². The maximum atomic E-state index is 13.1. The first-order valence-electron chi connectivity index (χ1n) is 4.85. The van der Waals surface area contributed by atoms with Crippen LogP contribution in [-0.4, -0.2) is 15.2 Å². The van der Waals surface area contributed by atoms with Gasteiger partial charge in [-0.1, -0.05) is 0 Å². The highest BCUT2D eigenvalue weighted by molar-refractivity contribution is 5.55. The van der Waals surface area contributed by atoms with Gasteiger partial charge in [-0.3, -0.25) is 0 Å². The molecule has 2 rings (SSSR count). The molecule has 0 spiro atoms. The Kier molecular flexibility index (Phi) is 3.28. The van der Waals surface area contributed by atoms with Gasteiger partial charge in [0.25, 0.3) is 5.95 Å². The second kappa shape index (κ2) is 4.75. The fourth-order valence-corrected chi connectivity index (χ4v) is 1.21. The number of nitrogens with zero attached hydrogens (tertiary/aromatic N) is 3. The molecule has 0 aromatic carbocycles. The van der Waals surface area contributed by atoms with Gasteiger partial charge in [0.1, 0.15) is 11.5 Å². The van der Waals surface area contributed by atoms with Gasteiger partial charge in [0.2, 0.25) is 5.95 Å². The SMILES string of the molecule is Fc1cc(Nc2ccc(C(F)(F)F)cn2)c(F)nn1. The van der Waals surface area contributed by atoms with Crippen LogP contribution in [0, 0.1) is 11.9 Å². The molecule has 0 amide bonds. The standard InChI is InChI=1S/C10H5F5N4/c11-7-3-6(9(12)19-18-7)17-8-2-1-5(4-16-8)10(13,14)15/h1-4H,(H,16,17,18). The molecule has 100 valence electrons. The zero-order valence-corrected chi connectivity index (χ0v) is 9.04. The molecule has 0 saturated heterocycles. The Morgan fingerprint density at radius 2 is 1.79 bits per heavy atom. The van der Waals surface area contributed by atoms with E-state index in [0.29, 0.717) is 12.3 Å². The van der Waals surface area contributed by atoms with Crippen molar-refractivity contribution in [3.05, 3.63) is 41.9 Å². The molecular formula is C10H5F5N4. The number of nitrogens with one attached hydrogen (secondary N) is 1. The Morgan fingerprint density at radius 1 is 1.05 bits per heavy atom. The van der Waals surface area contributed by atoms with E-state index in [1.807, 2.05) is 0 Å². The number of rotatable bonds is 2. The molecule has 2 aromatic rings. The van der Waals surface area contributed by atoms with Gasteiger partial charge >= 0.3 is 6.18 Å². The first-order chi connectivity index (χ1) is 8.86. The van der Waals surface area contributed by atoms with Gasteiger partial charge < -0.3 is 5.32 Å². The Balaban J connectivity index is 2.22. The van der Waals surface area contributed by atoms with E-state index >= 15 is 0 Å². The van der Waals surface area contributed by atoms with Crippen molar-refractivity contribution >= 4 is 11.5 Å². The molecule has 4 nitrogen and oxygen atoms in total. The molecule has 2 aromatic heterocycles. The summed E-state index contributed by atoms with van der Waals surface area (Å²) in [6.07, 6.45) is -3.94. The second-order valence-electron chi connectivity index (χ2n) is 3.43. The van der Waals surface area contributed by atoms with E-state index in [4.69, 9.17) is 0 Å². The van der Waals surface area contributed by atoms with Crippen LogP contribution in [0.2, 0.25) is 0 Å². The minimum atomic E-state index is -4.51. The monoisotopic (exact) mass is 276 g/mol. The number of alkyl halides is 3. The molecule has 0 unspecified atom stereocenters. The van der Waals surface area contributed by atoms with Gasteiger partial charge in [-0.05, 0) is 12.1 Å². The third-order valence-corrected chi connectivity index (χ3v) is 2.07. The van der Waals surface area contributed by atoms with Gasteiger partial charge in [0.05, 0.1) is 5.56 Å². The lowest BCUT2D eigenvalue weighted by Crippen LogP contribution is -2.06. The summed E-state index contributed by atoms with van der Waals surface area (Å²) in [7, 11) is 0. The quantitative estimate of drug-likeness (QED) is 0.857. The van der Waals surface area contributed by atoms with Crippen molar-refractivity contribution in [3.63, 3.8) is 0 Å². The fraction of sp³-hybridized carbons (Fsp3) is 0.100. The van der Waals surface area contributed by atoms with Crippen molar-refractivity contribution in [2.45, 2.75) is 6.18 Å². The first kappa shape index (κ1) is 13.1. The Hall–Kier alpha value is -2.32. The molecule has 9 heteroatoms. The lowest BCUT2D eigenvalue weighted by Gasteiger charge is -2.08. The predicted molar refractivity (Wildman–Crippen MR) is 54.5 cm³/mol. The third kappa shape index (κ3) is 3.12. The smallest absolute Gasteiger partial charge is 0.336 e. The molecule has 0 radical (unpaired) electrons. The molecular weight excluding hydrogens is 271 g/mol. The van der Waals surface area contributed by atoms with E-state index in [1.165, 1.54) is 0 Å². The lowest BCUT2D eigenvalue weighted by molar-refractivity contribution is -0.137. The molecule has 0 bridgehead atoms. The Labute approximate surface area is 103 Å². The largest absolute Gasteiger partial charge is 0.417 e. The van der Waals surface area contributed by atoms with E-state index in [0.717, 1.165) is 12.1 Å². The maximum Gasteiger partial charge on any atom is 0.417 e. The summed E-state index contributed by atoms with van der Waals surface area (Å²) in [6, 6.07) is 2.46. The van der Waals surface area contributed by atoms with E-state index < -0.39 is 23.6 Å². The van der Waals surface area contributed by atoms with Gasteiger partial charge in [-0.2, -0.15) is 22.0 Å². The number of anilines is 2. The number of halogens is 5. The van der Waals surface area contributed by atoms with Crippen LogP contribution < -0.4 is 5.32 Å². The summed E-state index contributed by atoms with van der Waals surface area (Å²) in [4.78, 5) is 3.44. The van der Waals surface area contributed by atoms with Gasteiger partial charge in [0, 0.05) is 12.3 Å². The molecule has 2 heterocycles. The van der Waals surface area contributed by atoms with Crippen LogP contribution in [0.4, 0.5) is 33.5 Å². The zero-order chi connectivity index (χ0) is 14.0. The second-order valence-corrected chi connectivity index (χ2v) is 3.43. The summed E-state index contributed by atoms with van der Waals surface area (Å²) < 4.78 is 62.7. The normalized spacial score (nSPS) is 11.4. The number of hydrogen-bond acceptors (Lipinski definition) is 4. The zero-order valence-electron chi connectivity index (χ0n) is 9.04. The van der Waals surface area contributed by atoms with Crippen LogP contribution in [-0.2, 0) is 6.18 Å². The van der Waals surface area contributed by atoms with Gasteiger partial charge in [-0.25, -0.2) is 4.98 Å². The Bertz CT molecular complexity index is 581. The van der Waals surface area contributed by atoms with Crippen LogP contribution in [0.1, 0.15) is 5.56 Å². The minimum Gasteiger partial charge on any atom is -0.336 e. The summed E-state index contributed by atoms with van der Waals surface area (Å²) in [5, 5.41) is 7.99. The highest BCUT2D eigenvalue weighted by Crippen LogP contribution is 2.29. The Morgan fingerprint density at radius 3 is 2.37 bits per heavy atom. The first-order valence-corrected chi connectivity index (χ1v) is 4.85. The highest BCUT2D eigenvalue weighted by Gasteiger charge is 2.30. The lowest BCUT2D eigenvalue weighted by atomic mass is 10.3. The van der Waals surface area contributed by atoms with Crippen molar-refractivity contribution in [3.8, 4) is 0 Å². The molecule has 0 aliphatic heterocycles. The van der Waals surface area contributed by atoms with Crippen molar-refractivity contribution in [2.24, 2.45) is 0 Å². The molecule has 0 atom stereocenters. The highest BCUT2D eigenvalue weighted by atomic mass is 19.4. The van der Waals surface area contributed by atoms with E-state index in [1.54, 1.807) is 0 Å².